The molecule has 3 unspecified atom stereocenters. The molecule has 0 aromatic heterocycles. The van der Waals surface area contributed by atoms with E-state index in [9.17, 15) is 9.90 Å². The van der Waals surface area contributed by atoms with E-state index in [0.717, 1.165) is 57.8 Å². The van der Waals surface area contributed by atoms with Gasteiger partial charge >= 0.3 is 5.97 Å². The maximum atomic E-state index is 13.6. The van der Waals surface area contributed by atoms with Gasteiger partial charge in [-0.05, 0) is 82.5 Å². The Balaban J connectivity index is 1.47. The summed E-state index contributed by atoms with van der Waals surface area (Å²) in [6.07, 6.45) is 11.2. The molecule has 0 radical (unpaired) electrons. The number of ether oxygens (including phenoxy) is 3. The minimum Gasteiger partial charge on any atom is -0.459 e. The van der Waals surface area contributed by atoms with Crippen molar-refractivity contribution in [1.82, 2.24) is 0 Å². The van der Waals surface area contributed by atoms with Gasteiger partial charge in [-0.25, -0.2) is 0 Å². The van der Waals surface area contributed by atoms with Gasteiger partial charge < -0.3 is 19.3 Å². The second-order valence-electron chi connectivity index (χ2n) is 10.5. The first-order valence-electron chi connectivity index (χ1n) is 11.8. The second kappa shape index (κ2) is 8.40. The molecular weight excluding hydrogens is 380 g/mol. The van der Waals surface area contributed by atoms with Crippen LogP contribution in [0.2, 0.25) is 0 Å². The smallest absolute Gasteiger partial charge is 0.312 e. The van der Waals surface area contributed by atoms with E-state index in [1.165, 1.54) is 6.42 Å². The lowest BCUT2D eigenvalue weighted by molar-refractivity contribution is -0.253. The molecular formula is C25H38O5. The van der Waals surface area contributed by atoms with E-state index in [2.05, 4.69) is 20.1 Å². The maximum absolute atomic E-state index is 13.6. The van der Waals surface area contributed by atoms with Crippen molar-refractivity contribution in [2.45, 2.75) is 95.0 Å². The Morgan fingerprint density at radius 2 is 1.87 bits per heavy atom. The molecule has 5 saturated carbocycles. The van der Waals surface area contributed by atoms with Crippen LogP contribution in [0.3, 0.4) is 0 Å². The van der Waals surface area contributed by atoms with Crippen molar-refractivity contribution in [3.63, 3.8) is 0 Å². The molecule has 5 fully saturated rings. The summed E-state index contributed by atoms with van der Waals surface area (Å²) in [6, 6.07) is 0. The third kappa shape index (κ3) is 4.13. The van der Waals surface area contributed by atoms with Crippen molar-refractivity contribution in [2.24, 2.45) is 17.3 Å². The van der Waals surface area contributed by atoms with Crippen molar-refractivity contribution in [3.05, 3.63) is 24.8 Å². The maximum Gasteiger partial charge on any atom is 0.312 e. The highest BCUT2D eigenvalue weighted by Gasteiger charge is 2.63. The Hall–Kier alpha value is -1.17. The standard InChI is InChI=1S/C25H38O5/c1-4-10-28-16-18(3)21(26)29-25-14-19-11-20(15-25)13-23(12-19,17-25)22(27)30-24(5-2)8-6-7-9-24/h4,19-21,26H,1,3,5-17H2,2H3. The summed E-state index contributed by atoms with van der Waals surface area (Å²) in [7, 11) is 0. The Bertz CT molecular complexity index is 663. The third-order valence-electron chi connectivity index (χ3n) is 8.14. The second-order valence-corrected chi connectivity index (χ2v) is 10.5. The highest BCUT2D eigenvalue weighted by atomic mass is 16.6. The first kappa shape index (κ1) is 22.0. The summed E-state index contributed by atoms with van der Waals surface area (Å²) in [5.74, 6) is 0.936. The number of hydrogen-bond acceptors (Lipinski definition) is 5. The van der Waals surface area contributed by atoms with Crippen LogP contribution in [0.25, 0.3) is 0 Å². The van der Waals surface area contributed by atoms with Crippen LogP contribution in [0.5, 0.6) is 0 Å². The first-order chi connectivity index (χ1) is 14.3. The van der Waals surface area contributed by atoms with Crippen molar-refractivity contribution in [3.8, 4) is 0 Å². The lowest BCUT2D eigenvalue weighted by Gasteiger charge is -2.61. The Kier molecular flexibility index (Phi) is 6.17. The average Bonchev–Trinajstić information content (AvgIpc) is 3.15. The quantitative estimate of drug-likeness (QED) is 0.241. The molecule has 5 nitrogen and oxygen atoms in total. The molecule has 5 heteroatoms. The zero-order valence-corrected chi connectivity index (χ0v) is 18.5. The van der Waals surface area contributed by atoms with Gasteiger partial charge in [0.25, 0.3) is 0 Å². The first-order valence-corrected chi connectivity index (χ1v) is 11.8. The van der Waals surface area contributed by atoms with E-state index in [1.54, 1.807) is 6.08 Å². The van der Waals surface area contributed by atoms with E-state index in [1.807, 2.05) is 0 Å². The zero-order chi connectivity index (χ0) is 21.4. The van der Waals surface area contributed by atoms with Gasteiger partial charge in [-0.2, -0.15) is 0 Å². The van der Waals surface area contributed by atoms with Gasteiger partial charge in [0, 0.05) is 5.57 Å². The van der Waals surface area contributed by atoms with Crippen LogP contribution >= 0.6 is 0 Å². The minimum absolute atomic E-state index is 0.00374. The fraction of sp³-hybridized carbons (Fsp3) is 0.800. The Labute approximate surface area is 180 Å². The summed E-state index contributed by atoms with van der Waals surface area (Å²) in [6.45, 7) is 10.4. The molecule has 0 spiro atoms. The Morgan fingerprint density at radius 1 is 1.20 bits per heavy atom. The molecule has 0 aromatic carbocycles. The highest BCUT2D eigenvalue weighted by molar-refractivity contribution is 5.78. The van der Waals surface area contributed by atoms with Gasteiger partial charge in [0.15, 0.2) is 6.29 Å². The van der Waals surface area contributed by atoms with Crippen molar-refractivity contribution in [2.75, 3.05) is 13.2 Å². The number of carbonyl (C=O) groups excluding carboxylic acids is 1. The van der Waals surface area contributed by atoms with Gasteiger partial charge in [-0.3, -0.25) is 4.79 Å². The summed E-state index contributed by atoms with van der Waals surface area (Å²) in [4.78, 5) is 13.6. The largest absolute Gasteiger partial charge is 0.459 e. The van der Waals surface area contributed by atoms with Gasteiger partial charge in [-0.15, -0.1) is 6.58 Å². The number of rotatable bonds is 10. The summed E-state index contributed by atoms with van der Waals surface area (Å²) < 4.78 is 18.0. The van der Waals surface area contributed by atoms with Crippen LogP contribution in [0.4, 0.5) is 0 Å². The number of aliphatic hydroxyl groups is 1. The molecule has 168 valence electrons. The molecule has 3 atom stereocenters. The van der Waals surface area contributed by atoms with Crippen LogP contribution in [0.15, 0.2) is 24.8 Å². The lowest BCUT2D eigenvalue weighted by Crippen LogP contribution is -2.61. The predicted octanol–water partition coefficient (Wildman–Crippen LogP) is 4.69. The number of esters is 1. The van der Waals surface area contributed by atoms with Crippen LogP contribution in [-0.2, 0) is 19.0 Å². The Morgan fingerprint density at radius 3 is 2.47 bits per heavy atom. The summed E-state index contributed by atoms with van der Waals surface area (Å²) in [5.41, 5.74) is -0.654. The average molecular weight is 419 g/mol. The summed E-state index contributed by atoms with van der Waals surface area (Å²) in [5, 5.41) is 10.7. The lowest BCUT2D eigenvalue weighted by atomic mass is 9.48. The molecule has 0 aromatic rings. The van der Waals surface area contributed by atoms with Crippen LogP contribution < -0.4 is 0 Å². The van der Waals surface area contributed by atoms with Crippen molar-refractivity contribution < 1.29 is 24.1 Å². The molecule has 4 bridgehead atoms. The van der Waals surface area contributed by atoms with Gasteiger partial charge in [0.1, 0.15) is 5.60 Å². The molecule has 5 aliphatic carbocycles. The molecule has 5 rings (SSSR count). The van der Waals surface area contributed by atoms with Crippen molar-refractivity contribution in [1.29, 1.82) is 0 Å². The normalized spacial score (nSPS) is 37.1. The summed E-state index contributed by atoms with van der Waals surface area (Å²) >= 11 is 0. The highest BCUT2D eigenvalue weighted by Crippen LogP contribution is 2.63. The molecule has 1 N–H and O–H groups in total. The molecule has 0 aliphatic heterocycles. The third-order valence-corrected chi connectivity index (χ3v) is 8.14. The molecule has 30 heavy (non-hydrogen) atoms. The van der Waals surface area contributed by atoms with E-state index in [0.29, 0.717) is 30.4 Å². The SMILES string of the molecule is C=CCOCC(=C)C(O)OC12CC3CC(C1)CC(C(=O)OC1(CC)CCCC1)(C3)C2. The monoisotopic (exact) mass is 418 g/mol. The van der Waals surface area contributed by atoms with Gasteiger partial charge in [-0.1, -0.05) is 19.6 Å². The number of aliphatic hydroxyl groups excluding tert-OH is 1. The molecule has 0 heterocycles. The van der Waals surface area contributed by atoms with E-state index in [-0.39, 0.29) is 18.2 Å². The molecule has 0 amide bonds. The van der Waals surface area contributed by atoms with Crippen molar-refractivity contribution >= 4 is 5.97 Å². The van der Waals surface area contributed by atoms with Gasteiger partial charge in [0.05, 0.1) is 24.2 Å². The fourth-order valence-electron chi connectivity index (χ4n) is 7.07. The van der Waals surface area contributed by atoms with Gasteiger partial charge in [0.2, 0.25) is 0 Å². The molecule has 0 saturated heterocycles. The van der Waals surface area contributed by atoms with E-state index in [4.69, 9.17) is 14.2 Å². The minimum atomic E-state index is -1.07. The predicted molar refractivity (Wildman–Crippen MR) is 115 cm³/mol. The van der Waals surface area contributed by atoms with Crippen LogP contribution in [0, 0.1) is 17.3 Å². The topological polar surface area (TPSA) is 65.0 Å². The van der Waals surface area contributed by atoms with E-state index >= 15 is 0 Å². The van der Waals surface area contributed by atoms with Crippen LogP contribution in [0.1, 0.15) is 77.6 Å². The zero-order valence-electron chi connectivity index (χ0n) is 18.5. The fourth-order valence-corrected chi connectivity index (χ4v) is 7.07. The number of carbonyl (C=O) groups is 1. The molecule has 5 aliphatic rings. The van der Waals surface area contributed by atoms with E-state index < -0.39 is 17.3 Å². The number of hydrogen-bond donors (Lipinski definition) is 1. The van der Waals surface area contributed by atoms with Crippen LogP contribution in [-0.4, -0.2) is 41.8 Å².